The summed E-state index contributed by atoms with van der Waals surface area (Å²) in [4.78, 5) is 12.5. The van der Waals surface area contributed by atoms with Crippen molar-refractivity contribution in [3.63, 3.8) is 0 Å². The molecule has 1 atom stereocenters. The summed E-state index contributed by atoms with van der Waals surface area (Å²) in [5.41, 5.74) is 1.48. The van der Waals surface area contributed by atoms with Crippen molar-refractivity contribution < 1.29 is 13.2 Å². The maximum absolute atomic E-state index is 12.4. The van der Waals surface area contributed by atoms with Crippen LogP contribution in [0.4, 0.5) is 0 Å². The van der Waals surface area contributed by atoms with Gasteiger partial charge in [-0.25, -0.2) is 13.1 Å². The van der Waals surface area contributed by atoms with Crippen LogP contribution in [0.25, 0.3) is 0 Å². The molecule has 6 nitrogen and oxygen atoms in total. The Morgan fingerprint density at radius 1 is 1.25 bits per heavy atom. The molecule has 0 saturated carbocycles. The monoisotopic (exact) mass is 349 g/mol. The third-order valence-electron chi connectivity index (χ3n) is 4.06. The van der Waals surface area contributed by atoms with Crippen LogP contribution in [-0.2, 0) is 17.1 Å². The van der Waals surface area contributed by atoms with Crippen LogP contribution in [0.5, 0.6) is 0 Å². The Morgan fingerprint density at radius 3 is 2.50 bits per heavy atom. The lowest BCUT2D eigenvalue weighted by Gasteiger charge is -2.16. The van der Waals surface area contributed by atoms with Gasteiger partial charge in [0.25, 0.3) is 5.91 Å². The van der Waals surface area contributed by atoms with Crippen LogP contribution in [0.3, 0.4) is 0 Å². The topological polar surface area (TPSA) is 80.2 Å². The van der Waals surface area contributed by atoms with Crippen LogP contribution in [-0.4, -0.2) is 32.5 Å². The molecule has 0 aliphatic rings. The number of hydrogen-bond acceptors (Lipinski definition) is 3. The van der Waals surface area contributed by atoms with Crippen molar-refractivity contribution in [1.82, 2.24) is 14.6 Å². The van der Waals surface area contributed by atoms with Gasteiger partial charge in [-0.2, -0.15) is 0 Å². The molecule has 2 aromatic rings. The molecular formula is C17H23N3O3S. The minimum Gasteiger partial charge on any atom is -0.350 e. The van der Waals surface area contributed by atoms with E-state index in [2.05, 4.69) is 17.0 Å². The third-order valence-corrected chi connectivity index (χ3v) is 5.45. The number of rotatable bonds is 7. The van der Waals surface area contributed by atoms with E-state index in [0.717, 1.165) is 6.42 Å². The Hall–Kier alpha value is -2.12. The van der Waals surface area contributed by atoms with Gasteiger partial charge in [-0.1, -0.05) is 37.3 Å². The molecule has 0 aliphatic heterocycles. The molecule has 0 aliphatic carbocycles. The Balaban J connectivity index is 2.10. The molecule has 1 amide bonds. The number of aromatic nitrogens is 1. The quantitative estimate of drug-likeness (QED) is 0.801. The van der Waals surface area contributed by atoms with Crippen LogP contribution >= 0.6 is 0 Å². The Morgan fingerprint density at radius 2 is 1.92 bits per heavy atom. The summed E-state index contributed by atoms with van der Waals surface area (Å²) in [7, 11) is -0.571. The zero-order valence-electron chi connectivity index (χ0n) is 14.1. The van der Waals surface area contributed by atoms with Crippen LogP contribution < -0.4 is 10.0 Å². The molecule has 130 valence electrons. The number of carbonyl (C=O) groups excluding carboxylic acids is 1. The fourth-order valence-electron chi connectivity index (χ4n) is 2.55. The van der Waals surface area contributed by atoms with Gasteiger partial charge in [-0.3, -0.25) is 4.79 Å². The fraction of sp³-hybridized carbons (Fsp3) is 0.353. The molecule has 1 aromatic carbocycles. The first kappa shape index (κ1) is 18.2. The maximum Gasteiger partial charge on any atom is 0.267 e. The minimum atomic E-state index is -3.56. The highest BCUT2D eigenvalue weighted by molar-refractivity contribution is 7.89. The molecule has 1 aromatic heterocycles. The Labute approximate surface area is 142 Å². The van der Waals surface area contributed by atoms with Crippen molar-refractivity contribution in [3.05, 3.63) is 53.9 Å². The third kappa shape index (κ3) is 4.04. The molecule has 0 spiro atoms. The summed E-state index contributed by atoms with van der Waals surface area (Å²) in [5.74, 6) is -0.0691. The van der Waals surface area contributed by atoms with Gasteiger partial charge in [-0.15, -0.1) is 0 Å². The molecule has 2 rings (SSSR count). The molecule has 7 heteroatoms. The van der Waals surface area contributed by atoms with Gasteiger partial charge in [0.15, 0.2) is 0 Å². The summed E-state index contributed by atoms with van der Waals surface area (Å²) in [6.07, 6.45) is 2.33. The summed E-state index contributed by atoms with van der Waals surface area (Å²) >= 11 is 0. The average molecular weight is 349 g/mol. The largest absolute Gasteiger partial charge is 0.350 e. The van der Waals surface area contributed by atoms with Gasteiger partial charge >= 0.3 is 0 Å². The number of nitrogens with one attached hydrogen (secondary N) is 2. The lowest BCUT2D eigenvalue weighted by atomic mass is 9.96. The molecule has 0 bridgehead atoms. The molecule has 2 N–H and O–H groups in total. The first-order chi connectivity index (χ1) is 11.4. The number of carbonyl (C=O) groups is 1. The molecular weight excluding hydrogens is 326 g/mol. The number of sulfonamides is 1. The van der Waals surface area contributed by atoms with Gasteiger partial charge in [0.2, 0.25) is 10.0 Å². The van der Waals surface area contributed by atoms with Crippen LogP contribution in [0.1, 0.15) is 35.3 Å². The van der Waals surface area contributed by atoms with Gasteiger partial charge in [0, 0.05) is 25.7 Å². The van der Waals surface area contributed by atoms with E-state index in [1.165, 1.54) is 29.4 Å². The second kappa shape index (κ2) is 7.63. The van der Waals surface area contributed by atoms with Gasteiger partial charge in [-0.05, 0) is 25.1 Å². The minimum absolute atomic E-state index is 0.0766. The van der Waals surface area contributed by atoms with E-state index in [-0.39, 0.29) is 16.7 Å². The zero-order chi connectivity index (χ0) is 17.7. The lowest BCUT2D eigenvalue weighted by molar-refractivity contribution is 0.0942. The van der Waals surface area contributed by atoms with Crippen molar-refractivity contribution in [3.8, 4) is 0 Å². The number of aryl methyl sites for hydroxylation is 1. The number of nitrogens with zero attached hydrogens (tertiary/aromatic N) is 1. The van der Waals surface area contributed by atoms with E-state index in [1.807, 2.05) is 30.3 Å². The van der Waals surface area contributed by atoms with Gasteiger partial charge in [0.05, 0.1) is 0 Å². The SMILES string of the molecule is CC[C@H](CNC(=O)c1cc(S(=O)(=O)NC)cn1C)c1ccccc1. The number of benzene rings is 1. The average Bonchev–Trinajstić information content (AvgIpc) is 2.99. The summed E-state index contributed by atoms with van der Waals surface area (Å²) in [6.45, 7) is 2.57. The van der Waals surface area contributed by atoms with Crippen LogP contribution in [0.2, 0.25) is 0 Å². The normalized spacial score (nSPS) is 12.8. The smallest absolute Gasteiger partial charge is 0.267 e. The highest BCUT2D eigenvalue weighted by Gasteiger charge is 2.19. The Kier molecular flexibility index (Phi) is 5.80. The summed E-state index contributed by atoms with van der Waals surface area (Å²) in [6, 6.07) is 11.4. The van der Waals surface area contributed by atoms with Crippen LogP contribution in [0, 0.1) is 0 Å². The first-order valence-electron chi connectivity index (χ1n) is 7.82. The standard InChI is InChI=1S/C17H23N3O3S/c1-4-13(14-8-6-5-7-9-14)11-19-17(21)16-10-15(12-20(16)3)24(22,23)18-2/h5-10,12-13,18H,4,11H2,1-3H3,(H,19,21)/t13-/m1/s1. The number of amides is 1. The number of hydrogen-bond donors (Lipinski definition) is 2. The second-order valence-electron chi connectivity index (χ2n) is 5.61. The molecule has 0 saturated heterocycles. The van der Waals surface area contributed by atoms with E-state index in [4.69, 9.17) is 0 Å². The highest BCUT2D eigenvalue weighted by Crippen LogP contribution is 2.18. The van der Waals surface area contributed by atoms with Gasteiger partial charge in [0.1, 0.15) is 10.6 Å². The van der Waals surface area contributed by atoms with Crippen molar-refractivity contribution in [2.45, 2.75) is 24.2 Å². The van der Waals surface area contributed by atoms with Crippen molar-refractivity contribution >= 4 is 15.9 Å². The molecule has 24 heavy (non-hydrogen) atoms. The summed E-state index contributed by atoms with van der Waals surface area (Å²) < 4.78 is 27.4. The van der Waals surface area contributed by atoms with Crippen molar-refractivity contribution in [2.75, 3.05) is 13.6 Å². The van der Waals surface area contributed by atoms with E-state index in [9.17, 15) is 13.2 Å². The van der Waals surface area contributed by atoms with Crippen LogP contribution in [0.15, 0.2) is 47.5 Å². The predicted molar refractivity (Wildman–Crippen MR) is 93.5 cm³/mol. The lowest BCUT2D eigenvalue weighted by Crippen LogP contribution is -2.29. The van der Waals surface area contributed by atoms with E-state index >= 15 is 0 Å². The Bertz CT molecular complexity index is 798. The first-order valence-corrected chi connectivity index (χ1v) is 9.30. The summed E-state index contributed by atoms with van der Waals surface area (Å²) in [5, 5.41) is 2.90. The second-order valence-corrected chi connectivity index (χ2v) is 7.49. The predicted octanol–water partition coefficient (Wildman–Crippen LogP) is 1.86. The molecule has 1 heterocycles. The molecule has 0 fully saturated rings. The van der Waals surface area contributed by atoms with E-state index < -0.39 is 10.0 Å². The van der Waals surface area contributed by atoms with Gasteiger partial charge < -0.3 is 9.88 Å². The maximum atomic E-state index is 12.4. The highest BCUT2D eigenvalue weighted by atomic mass is 32.2. The van der Waals surface area contributed by atoms with Crippen molar-refractivity contribution in [2.24, 2.45) is 7.05 Å². The molecule has 0 radical (unpaired) electrons. The zero-order valence-corrected chi connectivity index (χ0v) is 14.9. The van der Waals surface area contributed by atoms with Crippen molar-refractivity contribution in [1.29, 1.82) is 0 Å². The molecule has 0 unspecified atom stereocenters. The van der Waals surface area contributed by atoms with E-state index in [1.54, 1.807) is 7.05 Å². The van der Waals surface area contributed by atoms with E-state index in [0.29, 0.717) is 12.2 Å². The fourth-order valence-corrected chi connectivity index (χ4v) is 3.35.